The van der Waals surface area contributed by atoms with Gasteiger partial charge in [-0.1, -0.05) is 53.5 Å². The van der Waals surface area contributed by atoms with Crippen LogP contribution in [0, 0.1) is 5.82 Å². The first-order chi connectivity index (χ1) is 12.6. The highest BCUT2D eigenvalue weighted by Gasteiger charge is 2.30. The largest absolute Gasteiger partial charge is 0.257 e. The van der Waals surface area contributed by atoms with Crippen molar-refractivity contribution in [1.82, 2.24) is 0 Å². The zero-order chi connectivity index (χ0) is 18.1. The van der Waals surface area contributed by atoms with Gasteiger partial charge in [0.15, 0.2) is 0 Å². The summed E-state index contributed by atoms with van der Waals surface area (Å²) in [4.78, 5) is 0. The molecule has 0 unspecified atom stereocenters. The molecule has 3 aromatic rings. The van der Waals surface area contributed by atoms with Gasteiger partial charge in [-0.25, -0.2) is 4.39 Å². The molecule has 0 fully saturated rings. The van der Waals surface area contributed by atoms with E-state index in [2.05, 4.69) is 0 Å². The molecule has 1 aliphatic heterocycles. The van der Waals surface area contributed by atoms with E-state index in [1.807, 2.05) is 53.5 Å². The summed E-state index contributed by atoms with van der Waals surface area (Å²) in [5, 5.41) is 8.12. The zero-order valence-electron chi connectivity index (χ0n) is 13.7. The highest BCUT2D eigenvalue weighted by Crippen LogP contribution is 2.37. The molecule has 0 amide bonds. The van der Waals surface area contributed by atoms with Crippen molar-refractivity contribution in [3.63, 3.8) is 0 Å². The highest BCUT2D eigenvalue weighted by atomic mass is 35.5. The Hall–Kier alpha value is -2.36. The average molecular weight is 385 g/mol. The van der Waals surface area contributed by atoms with Crippen LogP contribution < -0.4 is 5.01 Å². The number of benzene rings is 3. The van der Waals surface area contributed by atoms with E-state index in [9.17, 15) is 4.39 Å². The van der Waals surface area contributed by atoms with Crippen LogP contribution in [0.2, 0.25) is 10.0 Å². The van der Waals surface area contributed by atoms with Gasteiger partial charge in [-0.05, 0) is 53.6 Å². The Morgan fingerprint density at radius 3 is 2.31 bits per heavy atom. The molecule has 0 spiro atoms. The van der Waals surface area contributed by atoms with Crippen molar-refractivity contribution < 1.29 is 4.39 Å². The van der Waals surface area contributed by atoms with Crippen LogP contribution in [0.5, 0.6) is 0 Å². The lowest BCUT2D eigenvalue weighted by molar-refractivity contribution is 0.624. The van der Waals surface area contributed by atoms with Gasteiger partial charge in [0.2, 0.25) is 0 Å². The lowest BCUT2D eigenvalue weighted by atomic mass is 9.98. The van der Waals surface area contributed by atoms with Crippen molar-refractivity contribution >= 4 is 34.6 Å². The van der Waals surface area contributed by atoms with Crippen molar-refractivity contribution in [2.75, 3.05) is 5.01 Å². The van der Waals surface area contributed by atoms with E-state index in [4.69, 9.17) is 28.3 Å². The predicted molar refractivity (Wildman–Crippen MR) is 106 cm³/mol. The molecule has 1 heterocycles. The van der Waals surface area contributed by atoms with Crippen LogP contribution >= 0.6 is 23.2 Å². The first-order valence-electron chi connectivity index (χ1n) is 8.24. The summed E-state index contributed by atoms with van der Waals surface area (Å²) in [6.45, 7) is 0. The van der Waals surface area contributed by atoms with E-state index < -0.39 is 0 Å². The van der Waals surface area contributed by atoms with Crippen molar-refractivity contribution in [2.24, 2.45) is 5.10 Å². The topological polar surface area (TPSA) is 15.6 Å². The molecule has 1 atom stereocenters. The van der Waals surface area contributed by atoms with Crippen LogP contribution in [-0.4, -0.2) is 5.71 Å². The molecule has 130 valence electrons. The number of rotatable bonds is 3. The van der Waals surface area contributed by atoms with E-state index in [0.29, 0.717) is 16.5 Å². The summed E-state index contributed by atoms with van der Waals surface area (Å²) in [5.41, 5.74) is 3.87. The monoisotopic (exact) mass is 384 g/mol. The molecule has 26 heavy (non-hydrogen) atoms. The SMILES string of the molecule is Fc1ccc([C@H]2CC(c3ccc(Cl)cc3)=NN2c2cccc(Cl)c2)cc1. The minimum absolute atomic E-state index is 0.0280. The second kappa shape index (κ2) is 7.10. The average Bonchev–Trinajstić information content (AvgIpc) is 3.08. The van der Waals surface area contributed by atoms with Crippen molar-refractivity contribution in [3.8, 4) is 0 Å². The smallest absolute Gasteiger partial charge is 0.123 e. The Morgan fingerprint density at radius 1 is 0.885 bits per heavy atom. The molecule has 1 aliphatic rings. The maximum absolute atomic E-state index is 13.4. The van der Waals surface area contributed by atoms with Gasteiger partial charge in [0.1, 0.15) is 5.82 Å². The van der Waals surface area contributed by atoms with E-state index in [0.717, 1.165) is 22.5 Å². The third-order valence-corrected chi connectivity index (χ3v) is 4.90. The molecule has 0 radical (unpaired) electrons. The quantitative estimate of drug-likeness (QED) is 0.503. The third-order valence-electron chi connectivity index (χ3n) is 4.42. The number of hydrazone groups is 1. The van der Waals surface area contributed by atoms with Gasteiger partial charge in [-0.2, -0.15) is 5.10 Å². The first-order valence-corrected chi connectivity index (χ1v) is 8.99. The summed E-state index contributed by atoms with van der Waals surface area (Å²) < 4.78 is 13.4. The number of hydrogen-bond donors (Lipinski definition) is 0. The van der Waals surface area contributed by atoms with Crippen LogP contribution in [0.15, 0.2) is 77.9 Å². The van der Waals surface area contributed by atoms with Crippen molar-refractivity contribution in [1.29, 1.82) is 0 Å². The van der Waals surface area contributed by atoms with Gasteiger partial charge in [-0.15, -0.1) is 0 Å². The third kappa shape index (κ3) is 3.46. The highest BCUT2D eigenvalue weighted by molar-refractivity contribution is 6.31. The maximum Gasteiger partial charge on any atom is 0.123 e. The summed E-state index contributed by atoms with van der Waals surface area (Å²) in [7, 11) is 0. The summed E-state index contributed by atoms with van der Waals surface area (Å²) >= 11 is 12.2. The van der Waals surface area contributed by atoms with Gasteiger partial charge >= 0.3 is 0 Å². The van der Waals surface area contributed by atoms with Crippen LogP contribution in [-0.2, 0) is 0 Å². The van der Waals surface area contributed by atoms with Crippen LogP contribution in [0.4, 0.5) is 10.1 Å². The normalized spacial score (nSPS) is 16.7. The second-order valence-corrected chi connectivity index (χ2v) is 7.02. The molecule has 3 aromatic carbocycles. The molecular formula is C21H15Cl2FN2. The molecular weight excluding hydrogens is 370 g/mol. The molecule has 0 saturated carbocycles. The molecule has 2 nitrogen and oxygen atoms in total. The summed E-state index contributed by atoms with van der Waals surface area (Å²) in [6.07, 6.45) is 0.708. The number of anilines is 1. The number of hydrogen-bond acceptors (Lipinski definition) is 2. The molecule has 4 rings (SSSR count). The molecule has 5 heteroatoms. The first kappa shape index (κ1) is 17.1. The lowest BCUT2D eigenvalue weighted by Crippen LogP contribution is -2.18. The number of halogens is 3. The van der Waals surface area contributed by atoms with Gasteiger partial charge < -0.3 is 0 Å². The van der Waals surface area contributed by atoms with Gasteiger partial charge in [0.05, 0.1) is 17.4 Å². The van der Waals surface area contributed by atoms with Gasteiger partial charge in [-0.3, -0.25) is 5.01 Å². The van der Waals surface area contributed by atoms with Gasteiger partial charge in [0, 0.05) is 16.5 Å². The fourth-order valence-corrected chi connectivity index (χ4v) is 3.44. The van der Waals surface area contributed by atoms with E-state index in [-0.39, 0.29) is 11.9 Å². The molecule has 0 aromatic heterocycles. The van der Waals surface area contributed by atoms with E-state index >= 15 is 0 Å². The maximum atomic E-state index is 13.4. The summed E-state index contributed by atoms with van der Waals surface area (Å²) in [5.74, 6) is -0.250. The minimum Gasteiger partial charge on any atom is -0.257 e. The Balaban J connectivity index is 1.75. The van der Waals surface area contributed by atoms with Crippen LogP contribution in [0.25, 0.3) is 0 Å². The Kier molecular flexibility index (Phi) is 4.66. The van der Waals surface area contributed by atoms with Crippen molar-refractivity contribution in [2.45, 2.75) is 12.5 Å². The fourth-order valence-electron chi connectivity index (χ4n) is 3.13. The standard InChI is InChI=1S/C21H15Cl2FN2/c22-16-8-4-14(5-9-16)20-13-21(15-6-10-18(24)11-7-15)26(25-20)19-3-1-2-17(23)12-19/h1-12,21H,13H2/t21-/m1/s1. The Morgan fingerprint density at radius 2 is 1.62 bits per heavy atom. The minimum atomic E-state index is -0.250. The van der Waals surface area contributed by atoms with Gasteiger partial charge in [0.25, 0.3) is 0 Å². The van der Waals surface area contributed by atoms with E-state index in [1.54, 1.807) is 12.1 Å². The molecule has 0 N–H and O–H groups in total. The van der Waals surface area contributed by atoms with Crippen molar-refractivity contribution in [3.05, 3.63) is 99.8 Å². The summed E-state index contributed by atoms with van der Waals surface area (Å²) in [6, 6.07) is 21.8. The zero-order valence-corrected chi connectivity index (χ0v) is 15.3. The fraction of sp³-hybridized carbons (Fsp3) is 0.0952. The van der Waals surface area contributed by atoms with Crippen LogP contribution in [0.1, 0.15) is 23.6 Å². The Labute approximate surface area is 161 Å². The lowest BCUT2D eigenvalue weighted by Gasteiger charge is -2.24. The molecule has 0 saturated heterocycles. The second-order valence-electron chi connectivity index (χ2n) is 6.15. The molecule has 0 bridgehead atoms. The number of nitrogens with zero attached hydrogens (tertiary/aromatic N) is 2. The van der Waals surface area contributed by atoms with E-state index in [1.165, 1.54) is 12.1 Å². The predicted octanol–water partition coefficient (Wildman–Crippen LogP) is 6.49. The Bertz CT molecular complexity index is 953. The molecule has 0 aliphatic carbocycles. The van der Waals surface area contributed by atoms with Crippen LogP contribution in [0.3, 0.4) is 0 Å².